The summed E-state index contributed by atoms with van der Waals surface area (Å²) in [4.78, 5) is 0. The predicted molar refractivity (Wildman–Crippen MR) is 90.2 cm³/mol. The van der Waals surface area contributed by atoms with E-state index in [4.69, 9.17) is 0 Å². The van der Waals surface area contributed by atoms with Crippen LogP contribution in [0.5, 0.6) is 0 Å². The number of hydrogen-bond donors (Lipinski definition) is 1. The highest BCUT2D eigenvalue weighted by Crippen LogP contribution is 2.21. The number of aryl methyl sites for hydroxylation is 1. The molecule has 0 radical (unpaired) electrons. The van der Waals surface area contributed by atoms with Crippen LogP contribution < -0.4 is 5.32 Å². The van der Waals surface area contributed by atoms with Gasteiger partial charge in [-0.1, -0.05) is 58.4 Å². The highest BCUT2D eigenvalue weighted by Gasteiger charge is 2.14. The van der Waals surface area contributed by atoms with Gasteiger partial charge in [0.1, 0.15) is 0 Å². The van der Waals surface area contributed by atoms with E-state index in [2.05, 4.69) is 64.2 Å². The lowest BCUT2D eigenvalue weighted by atomic mass is 9.87. The van der Waals surface area contributed by atoms with Crippen LogP contribution in [0.15, 0.2) is 24.3 Å². The van der Waals surface area contributed by atoms with Gasteiger partial charge in [-0.25, -0.2) is 0 Å². The van der Waals surface area contributed by atoms with Crippen LogP contribution in [0.2, 0.25) is 0 Å². The van der Waals surface area contributed by atoms with Gasteiger partial charge in [-0.05, 0) is 61.7 Å². The molecule has 2 atom stereocenters. The zero-order valence-corrected chi connectivity index (χ0v) is 14.1. The minimum Gasteiger partial charge on any atom is -0.316 e. The first-order valence-electron chi connectivity index (χ1n) is 8.28. The molecule has 1 aromatic rings. The fourth-order valence-corrected chi connectivity index (χ4v) is 2.70. The number of benzene rings is 1. The molecular weight excluding hydrogens is 242 g/mol. The molecule has 0 aromatic heterocycles. The summed E-state index contributed by atoms with van der Waals surface area (Å²) in [5.74, 6) is 2.31. The van der Waals surface area contributed by atoms with Crippen molar-refractivity contribution in [2.24, 2.45) is 17.8 Å². The van der Waals surface area contributed by atoms with E-state index in [0.717, 1.165) is 30.8 Å². The summed E-state index contributed by atoms with van der Waals surface area (Å²) in [6, 6.07) is 8.84. The Kier molecular flexibility index (Phi) is 7.91. The van der Waals surface area contributed by atoms with Crippen molar-refractivity contribution in [1.82, 2.24) is 5.32 Å². The van der Waals surface area contributed by atoms with Crippen molar-refractivity contribution in [1.29, 1.82) is 0 Å². The van der Waals surface area contributed by atoms with E-state index in [1.165, 1.54) is 30.4 Å². The van der Waals surface area contributed by atoms with Gasteiger partial charge < -0.3 is 5.32 Å². The Hall–Kier alpha value is -0.820. The van der Waals surface area contributed by atoms with Gasteiger partial charge in [0.2, 0.25) is 0 Å². The summed E-state index contributed by atoms with van der Waals surface area (Å²) in [5.41, 5.74) is 2.96. The van der Waals surface area contributed by atoms with Gasteiger partial charge in [0.25, 0.3) is 0 Å². The summed E-state index contributed by atoms with van der Waals surface area (Å²) in [6.45, 7) is 13.7. The topological polar surface area (TPSA) is 12.0 Å². The average molecular weight is 275 g/mol. The molecule has 0 aliphatic carbocycles. The Morgan fingerprint density at radius 1 is 1.05 bits per heavy atom. The Balaban J connectivity index is 2.59. The third-order valence-corrected chi connectivity index (χ3v) is 4.19. The Morgan fingerprint density at radius 2 is 1.75 bits per heavy atom. The molecule has 2 unspecified atom stereocenters. The molecule has 0 bridgehead atoms. The largest absolute Gasteiger partial charge is 0.316 e. The van der Waals surface area contributed by atoms with E-state index in [9.17, 15) is 0 Å². The monoisotopic (exact) mass is 275 g/mol. The lowest BCUT2D eigenvalue weighted by Gasteiger charge is -2.22. The van der Waals surface area contributed by atoms with Crippen LogP contribution in [0.1, 0.15) is 51.7 Å². The van der Waals surface area contributed by atoms with Crippen molar-refractivity contribution in [2.45, 2.75) is 53.9 Å². The maximum absolute atomic E-state index is 3.65. The third-order valence-electron chi connectivity index (χ3n) is 4.19. The third kappa shape index (κ3) is 6.56. The number of nitrogens with one attached hydrogen (secondary N) is 1. The second kappa shape index (κ2) is 9.18. The molecule has 1 rings (SSSR count). The molecule has 114 valence electrons. The maximum Gasteiger partial charge on any atom is -0.00171 e. The summed E-state index contributed by atoms with van der Waals surface area (Å²) in [7, 11) is 0. The van der Waals surface area contributed by atoms with Crippen LogP contribution in [-0.4, -0.2) is 13.1 Å². The Labute approximate surface area is 126 Å². The molecule has 1 nitrogen and oxygen atoms in total. The molecule has 1 heteroatoms. The predicted octanol–water partition coefficient (Wildman–Crippen LogP) is 4.84. The van der Waals surface area contributed by atoms with Crippen LogP contribution in [-0.2, 0) is 6.42 Å². The standard InChI is InChI=1S/C19H33N/c1-6-16(4)11-18(14-20-13-15(2)3)12-19-10-8-7-9-17(19)5/h7-10,15-16,18,20H,6,11-14H2,1-5H3. The molecule has 0 heterocycles. The first kappa shape index (κ1) is 17.2. The zero-order valence-electron chi connectivity index (χ0n) is 14.1. The fourth-order valence-electron chi connectivity index (χ4n) is 2.70. The van der Waals surface area contributed by atoms with Crippen molar-refractivity contribution in [3.05, 3.63) is 35.4 Å². The van der Waals surface area contributed by atoms with Crippen LogP contribution in [0.4, 0.5) is 0 Å². The number of rotatable bonds is 9. The maximum atomic E-state index is 3.65. The van der Waals surface area contributed by atoms with Crippen molar-refractivity contribution in [3.63, 3.8) is 0 Å². The molecule has 20 heavy (non-hydrogen) atoms. The van der Waals surface area contributed by atoms with E-state index < -0.39 is 0 Å². The summed E-state index contributed by atoms with van der Waals surface area (Å²) >= 11 is 0. The van der Waals surface area contributed by atoms with E-state index in [1.807, 2.05) is 0 Å². The van der Waals surface area contributed by atoms with Gasteiger partial charge in [0, 0.05) is 0 Å². The zero-order chi connectivity index (χ0) is 15.0. The lowest BCUT2D eigenvalue weighted by Crippen LogP contribution is -2.28. The molecular formula is C19H33N. The highest BCUT2D eigenvalue weighted by atomic mass is 14.9. The summed E-state index contributed by atoms with van der Waals surface area (Å²) in [6.07, 6.45) is 3.83. The first-order valence-corrected chi connectivity index (χ1v) is 8.28. The summed E-state index contributed by atoms with van der Waals surface area (Å²) in [5, 5.41) is 3.65. The van der Waals surface area contributed by atoms with E-state index in [-0.39, 0.29) is 0 Å². The Bertz CT molecular complexity index is 370. The molecule has 0 spiro atoms. The molecule has 1 N–H and O–H groups in total. The van der Waals surface area contributed by atoms with Crippen molar-refractivity contribution >= 4 is 0 Å². The minimum absolute atomic E-state index is 0.734. The minimum atomic E-state index is 0.734. The first-order chi connectivity index (χ1) is 9.52. The van der Waals surface area contributed by atoms with Crippen molar-refractivity contribution in [2.75, 3.05) is 13.1 Å². The second-order valence-electron chi connectivity index (χ2n) is 6.80. The van der Waals surface area contributed by atoms with Crippen LogP contribution in [0.3, 0.4) is 0 Å². The molecule has 1 aromatic carbocycles. The van der Waals surface area contributed by atoms with Crippen molar-refractivity contribution in [3.8, 4) is 0 Å². The fraction of sp³-hybridized carbons (Fsp3) is 0.684. The quantitative estimate of drug-likeness (QED) is 0.680. The molecule has 0 aliphatic heterocycles. The molecule has 0 aliphatic rings. The molecule has 0 amide bonds. The second-order valence-corrected chi connectivity index (χ2v) is 6.80. The van der Waals surface area contributed by atoms with Crippen molar-refractivity contribution < 1.29 is 0 Å². The van der Waals surface area contributed by atoms with Crippen LogP contribution in [0.25, 0.3) is 0 Å². The summed E-state index contributed by atoms with van der Waals surface area (Å²) < 4.78 is 0. The number of hydrogen-bond acceptors (Lipinski definition) is 1. The lowest BCUT2D eigenvalue weighted by molar-refractivity contribution is 0.356. The van der Waals surface area contributed by atoms with E-state index >= 15 is 0 Å². The van der Waals surface area contributed by atoms with Gasteiger partial charge in [0.15, 0.2) is 0 Å². The smallest absolute Gasteiger partial charge is 0.00171 e. The SMILES string of the molecule is CCC(C)CC(CNCC(C)C)Cc1ccccc1C. The van der Waals surface area contributed by atoms with Gasteiger partial charge in [-0.15, -0.1) is 0 Å². The van der Waals surface area contributed by atoms with Gasteiger partial charge in [0.05, 0.1) is 0 Å². The van der Waals surface area contributed by atoms with Crippen LogP contribution >= 0.6 is 0 Å². The molecule has 0 fully saturated rings. The molecule has 0 saturated heterocycles. The Morgan fingerprint density at radius 3 is 2.35 bits per heavy atom. The normalized spacial score (nSPS) is 14.5. The molecule has 0 saturated carbocycles. The van der Waals surface area contributed by atoms with Gasteiger partial charge in [-0.2, -0.15) is 0 Å². The van der Waals surface area contributed by atoms with Gasteiger partial charge >= 0.3 is 0 Å². The van der Waals surface area contributed by atoms with E-state index in [1.54, 1.807) is 0 Å². The average Bonchev–Trinajstić information content (AvgIpc) is 2.40. The van der Waals surface area contributed by atoms with Gasteiger partial charge in [-0.3, -0.25) is 0 Å². The van der Waals surface area contributed by atoms with Crippen LogP contribution in [0, 0.1) is 24.7 Å². The highest BCUT2D eigenvalue weighted by molar-refractivity contribution is 5.25. The van der Waals surface area contributed by atoms with E-state index in [0.29, 0.717) is 0 Å².